The molecule has 0 fully saturated rings. The zero-order valence-corrected chi connectivity index (χ0v) is 6.06. The molecule has 1 N–H and O–H groups in total. The van der Waals surface area contributed by atoms with Gasteiger partial charge < -0.3 is 9.84 Å². The van der Waals surface area contributed by atoms with E-state index in [1.165, 1.54) is 12.1 Å². The van der Waals surface area contributed by atoms with Crippen LogP contribution in [0.3, 0.4) is 0 Å². The van der Waals surface area contributed by atoms with Crippen LogP contribution in [0.15, 0.2) is 30.3 Å². The van der Waals surface area contributed by atoms with Crippen LogP contribution in [0.4, 0.5) is 4.79 Å². The standard InChI is InChI=1S/C8H6O4.Na.H/c9-7(12-8(10)11)6-4-2-1-3-5-6;;/h1-5H,(H,10,11);;. The number of hydrogen-bond donors (Lipinski definition) is 1. The summed E-state index contributed by atoms with van der Waals surface area (Å²) in [7, 11) is 0. The fourth-order valence-corrected chi connectivity index (χ4v) is 0.712. The molecular formula is C8H7NaO4. The molecule has 0 saturated heterocycles. The third-order valence-electron chi connectivity index (χ3n) is 1.19. The Labute approximate surface area is 96.8 Å². The third-order valence-corrected chi connectivity index (χ3v) is 1.19. The van der Waals surface area contributed by atoms with Crippen LogP contribution in [0.5, 0.6) is 0 Å². The Morgan fingerprint density at radius 3 is 2.15 bits per heavy atom. The van der Waals surface area contributed by atoms with Crippen molar-refractivity contribution >= 4 is 41.7 Å². The van der Waals surface area contributed by atoms with Crippen LogP contribution in [0.1, 0.15) is 10.4 Å². The predicted octanol–water partition coefficient (Wildman–Crippen LogP) is 0.873. The minimum absolute atomic E-state index is 0. The SMILES string of the molecule is O=C(O)OC(=O)c1ccccc1.[NaH]. The monoisotopic (exact) mass is 190 g/mol. The summed E-state index contributed by atoms with van der Waals surface area (Å²) in [5.74, 6) is -0.858. The van der Waals surface area contributed by atoms with Gasteiger partial charge in [0.15, 0.2) is 0 Å². The maximum absolute atomic E-state index is 10.9. The molecule has 5 heteroatoms. The number of carbonyl (C=O) groups excluding carboxylic acids is 1. The maximum atomic E-state index is 10.9. The van der Waals surface area contributed by atoms with Crippen molar-refractivity contribution in [2.45, 2.75) is 0 Å². The molecule has 13 heavy (non-hydrogen) atoms. The van der Waals surface area contributed by atoms with Gasteiger partial charge in [0.05, 0.1) is 5.56 Å². The van der Waals surface area contributed by atoms with Crippen LogP contribution in [0.25, 0.3) is 0 Å². The Kier molecular flexibility index (Phi) is 5.37. The Morgan fingerprint density at radius 2 is 1.69 bits per heavy atom. The second-order valence-corrected chi connectivity index (χ2v) is 2.02. The average Bonchev–Trinajstić information content (AvgIpc) is 2.05. The topological polar surface area (TPSA) is 63.6 Å². The van der Waals surface area contributed by atoms with Gasteiger partial charge in [-0.15, -0.1) is 0 Å². The number of hydrogen-bond acceptors (Lipinski definition) is 3. The third kappa shape index (κ3) is 4.07. The molecule has 0 unspecified atom stereocenters. The van der Waals surface area contributed by atoms with Gasteiger partial charge in [-0.1, -0.05) is 18.2 Å². The molecule has 1 aromatic rings. The van der Waals surface area contributed by atoms with E-state index in [0.29, 0.717) is 0 Å². The van der Waals surface area contributed by atoms with Crippen molar-refractivity contribution in [3.8, 4) is 0 Å². The Balaban J connectivity index is 0.00000144. The quantitative estimate of drug-likeness (QED) is 0.405. The molecule has 1 aromatic carbocycles. The van der Waals surface area contributed by atoms with Gasteiger partial charge in [0.25, 0.3) is 0 Å². The zero-order chi connectivity index (χ0) is 8.97. The summed E-state index contributed by atoms with van der Waals surface area (Å²) in [6.07, 6.45) is -1.59. The van der Waals surface area contributed by atoms with Gasteiger partial charge >= 0.3 is 41.7 Å². The molecule has 0 amide bonds. The zero-order valence-electron chi connectivity index (χ0n) is 6.06. The first kappa shape index (κ1) is 12.2. The van der Waals surface area contributed by atoms with Crippen molar-refractivity contribution in [1.29, 1.82) is 0 Å². The second kappa shape index (κ2) is 5.75. The van der Waals surface area contributed by atoms with Crippen LogP contribution >= 0.6 is 0 Å². The molecule has 0 heterocycles. The predicted molar refractivity (Wildman–Crippen MR) is 47.0 cm³/mol. The van der Waals surface area contributed by atoms with E-state index < -0.39 is 12.1 Å². The van der Waals surface area contributed by atoms with E-state index in [2.05, 4.69) is 4.74 Å². The number of carboxylic acid groups (broad SMARTS) is 1. The Bertz CT molecular complexity index is 296. The van der Waals surface area contributed by atoms with Gasteiger partial charge in [0, 0.05) is 0 Å². The summed E-state index contributed by atoms with van der Waals surface area (Å²) in [4.78, 5) is 20.8. The molecule has 4 nitrogen and oxygen atoms in total. The molecule has 0 radical (unpaired) electrons. The molecule has 0 aliphatic carbocycles. The van der Waals surface area contributed by atoms with E-state index in [9.17, 15) is 9.59 Å². The summed E-state index contributed by atoms with van der Waals surface area (Å²) in [6.45, 7) is 0. The van der Waals surface area contributed by atoms with E-state index in [0.717, 1.165) is 0 Å². The van der Waals surface area contributed by atoms with Crippen LogP contribution in [0, 0.1) is 0 Å². The fraction of sp³-hybridized carbons (Fsp3) is 0. The van der Waals surface area contributed by atoms with Crippen LogP contribution < -0.4 is 0 Å². The van der Waals surface area contributed by atoms with Crippen molar-refractivity contribution in [2.24, 2.45) is 0 Å². The minimum atomic E-state index is -1.59. The summed E-state index contributed by atoms with van der Waals surface area (Å²) in [6, 6.07) is 7.92. The number of rotatable bonds is 1. The van der Waals surface area contributed by atoms with Crippen molar-refractivity contribution in [1.82, 2.24) is 0 Å². The number of ether oxygens (including phenoxy) is 1. The van der Waals surface area contributed by atoms with E-state index in [4.69, 9.17) is 5.11 Å². The van der Waals surface area contributed by atoms with E-state index in [1.54, 1.807) is 18.2 Å². The molecule has 0 spiro atoms. The molecule has 0 aliphatic heterocycles. The summed E-state index contributed by atoms with van der Waals surface area (Å²) in [5, 5.41) is 8.10. The first-order valence-electron chi connectivity index (χ1n) is 3.20. The number of esters is 1. The summed E-state index contributed by atoms with van der Waals surface area (Å²) < 4.78 is 3.91. The van der Waals surface area contributed by atoms with Gasteiger partial charge in [0.2, 0.25) is 0 Å². The molecule has 1 rings (SSSR count). The van der Waals surface area contributed by atoms with Gasteiger partial charge in [-0.2, -0.15) is 0 Å². The number of benzene rings is 1. The van der Waals surface area contributed by atoms with Crippen molar-refractivity contribution in [3.63, 3.8) is 0 Å². The van der Waals surface area contributed by atoms with Gasteiger partial charge in [0.1, 0.15) is 0 Å². The molecule has 0 bridgehead atoms. The van der Waals surface area contributed by atoms with Gasteiger partial charge in [-0.3, -0.25) is 0 Å². The molecule has 64 valence electrons. The van der Waals surface area contributed by atoms with Crippen molar-refractivity contribution < 1.29 is 19.4 Å². The normalized spacial score (nSPS) is 8.31. The van der Waals surface area contributed by atoms with E-state index >= 15 is 0 Å². The first-order chi connectivity index (χ1) is 5.70. The van der Waals surface area contributed by atoms with E-state index in [-0.39, 0.29) is 35.1 Å². The van der Waals surface area contributed by atoms with Gasteiger partial charge in [-0.05, 0) is 12.1 Å². The van der Waals surface area contributed by atoms with Crippen LogP contribution in [0.2, 0.25) is 0 Å². The van der Waals surface area contributed by atoms with Crippen molar-refractivity contribution in [2.75, 3.05) is 0 Å². The molecular weight excluding hydrogens is 183 g/mol. The summed E-state index contributed by atoms with van der Waals surface area (Å²) >= 11 is 0. The molecule has 0 saturated carbocycles. The fourth-order valence-electron chi connectivity index (χ4n) is 0.712. The Hall–Kier alpha value is -0.840. The van der Waals surface area contributed by atoms with Crippen LogP contribution in [-0.4, -0.2) is 46.8 Å². The first-order valence-corrected chi connectivity index (χ1v) is 3.20. The molecule has 0 aliphatic rings. The Morgan fingerprint density at radius 1 is 1.15 bits per heavy atom. The van der Waals surface area contributed by atoms with E-state index in [1.807, 2.05) is 0 Å². The summed E-state index contributed by atoms with van der Waals surface area (Å²) in [5.41, 5.74) is 0.222. The molecule has 0 atom stereocenters. The van der Waals surface area contributed by atoms with Crippen LogP contribution in [-0.2, 0) is 4.74 Å². The van der Waals surface area contributed by atoms with Gasteiger partial charge in [-0.25, -0.2) is 9.59 Å². The van der Waals surface area contributed by atoms with Crippen molar-refractivity contribution in [3.05, 3.63) is 35.9 Å². The second-order valence-electron chi connectivity index (χ2n) is 2.02. The molecule has 0 aromatic heterocycles. The average molecular weight is 190 g/mol. The number of carbonyl (C=O) groups is 2.